The molecule has 0 amide bonds. The lowest BCUT2D eigenvalue weighted by Gasteiger charge is -2.07. The number of unbranched alkanes of at least 4 members (excludes halogenated alkanes) is 10. The Kier molecular flexibility index (Phi) is 12.0. The molecule has 0 fully saturated rings. The van der Waals surface area contributed by atoms with Gasteiger partial charge in [-0.05, 0) is 18.6 Å². The molecular formula is C20H32NO2. The molecule has 0 atom stereocenters. The van der Waals surface area contributed by atoms with Gasteiger partial charge in [0.05, 0.1) is 0 Å². The van der Waals surface area contributed by atoms with Crippen LogP contribution in [0.25, 0.3) is 0 Å². The highest BCUT2D eigenvalue weighted by Crippen LogP contribution is 2.12. The van der Waals surface area contributed by atoms with E-state index in [1.54, 1.807) is 12.3 Å². The minimum absolute atomic E-state index is 0.155. The zero-order valence-electron chi connectivity index (χ0n) is 14.4. The van der Waals surface area contributed by atoms with Crippen molar-refractivity contribution in [3.05, 3.63) is 43.3 Å². The van der Waals surface area contributed by atoms with E-state index >= 15 is 0 Å². The SMILES string of the molecule is [CH2]CCCCCCCCCCCCC(=O)OC1=CC=CC=CN1. The number of rotatable bonds is 13. The molecule has 0 spiro atoms. The molecule has 0 aromatic carbocycles. The molecule has 1 radical (unpaired) electrons. The van der Waals surface area contributed by atoms with Crippen molar-refractivity contribution in [2.75, 3.05) is 0 Å². The molecule has 1 aliphatic heterocycles. The summed E-state index contributed by atoms with van der Waals surface area (Å²) in [6, 6.07) is 0. The minimum Gasteiger partial charge on any atom is -0.410 e. The molecular weight excluding hydrogens is 286 g/mol. The van der Waals surface area contributed by atoms with Crippen LogP contribution in [0, 0.1) is 6.92 Å². The van der Waals surface area contributed by atoms with Gasteiger partial charge in [-0.2, -0.15) is 0 Å². The van der Waals surface area contributed by atoms with Crippen LogP contribution in [0.2, 0.25) is 0 Å². The summed E-state index contributed by atoms with van der Waals surface area (Å²) < 4.78 is 5.27. The Morgan fingerprint density at radius 2 is 1.48 bits per heavy atom. The lowest BCUT2D eigenvalue weighted by Crippen LogP contribution is -2.13. The Bertz CT molecular complexity index is 396. The molecule has 1 rings (SSSR count). The van der Waals surface area contributed by atoms with Crippen LogP contribution >= 0.6 is 0 Å². The normalized spacial score (nSPS) is 13.3. The van der Waals surface area contributed by atoms with Crippen LogP contribution in [0.15, 0.2) is 36.4 Å². The minimum atomic E-state index is -0.155. The Hall–Kier alpha value is -1.51. The molecule has 0 unspecified atom stereocenters. The Labute approximate surface area is 141 Å². The van der Waals surface area contributed by atoms with Gasteiger partial charge in [0.2, 0.25) is 5.88 Å². The molecule has 1 N–H and O–H groups in total. The highest BCUT2D eigenvalue weighted by molar-refractivity contribution is 5.70. The van der Waals surface area contributed by atoms with Gasteiger partial charge in [0.1, 0.15) is 0 Å². The molecule has 0 bridgehead atoms. The zero-order valence-corrected chi connectivity index (χ0v) is 14.4. The summed E-state index contributed by atoms with van der Waals surface area (Å²) >= 11 is 0. The number of hydrogen-bond acceptors (Lipinski definition) is 3. The lowest BCUT2D eigenvalue weighted by atomic mass is 10.1. The second-order valence-electron chi connectivity index (χ2n) is 6.03. The zero-order chi connectivity index (χ0) is 16.6. The highest BCUT2D eigenvalue weighted by atomic mass is 16.5. The van der Waals surface area contributed by atoms with Crippen LogP contribution in [0.3, 0.4) is 0 Å². The molecule has 0 saturated carbocycles. The largest absolute Gasteiger partial charge is 0.410 e. The second kappa shape index (κ2) is 14.1. The summed E-state index contributed by atoms with van der Waals surface area (Å²) in [5, 5.41) is 2.93. The third-order valence-electron chi connectivity index (χ3n) is 3.90. The summed E-state index contributed by atoms with van der Waals surface area (Å²) in [5.41, 5.74) is 0. The molecule has 0 aromatic heterocycles. The maximum absolute atomic E-state index is 11.7. The van der Waals surface area contributed by atoms with E-state index in [2.05, 4.69) is 12.2 Å². The second-order valence-corrected chi connectivity index (χ2v) is 6.03. The van der Waals surface area contributed by atoms with E-state index in [1.807, 2.05) is 18.2 Å². The summed E-state index contributed by atoms with van der Waals surface area (Å²) in [4.78, 5) is 11.7. The number of esters is 1. The van der Waals surface area contributed by atoms with Crippen molar-refractivity contribution in [1.82, 2.24) is 5.32 Å². The van der Waals surface area contributed by atoms with E-state index in [4.69, 9.17) is 4.74 Å². The van der Waals surface area contributed by atoms with Crippen LogP contribution in [0.4, 0.5) is 0 Å². The predicted octanol–water partition coefficient (Wildman–Crippen LogP) is 5.56. The van der Waals surface area contributed by atoms with Crippen molar-refractivity contribution in [3.8, 4) is 0 Å². The third-order valence-corrected chi connectivity index (χ3v) is 3.90. The molecule has 1 heterocycles. The average Bonchev–Trinajstić information content (AvgIpc) is 2.81. The van der Waals surface area contributed by atoms with Gasteiger partial charge in [0.25, 0.3) is 0 Å². The van der Waals surface area contributed by atoms with Crippen molar-refractivity contribution in [1.29, 1.82) is 0 Å². The Morgan fingerprint density at radius 3 is 2.13 bits per heavy atom. The molecule has 3 nitrogen and oxygen atoms in total. The van der Waals surface area contributed by atoms with Crippen LogP contribution < -0.4 is 5.32 Å². The molecule has 23 heavy (non-hydrogen) atoms. The van der Waals surface area contributed by atoms with E-state index in [0.29, 0.717) is 12.3 Å². The molecule has 0 saturated heterocycles. The van der Waals surface area contributed by atoms with Crippen molar-refractivity contribution in [3.63, 3.8) is 0 Å². The molecule has 0 aliphatic carbocycles. The fraction of sp³-hybridized carbons (Fsp3) is 0.600. The van der Waals surface area contributed by atoms with Gasteiger partial charge >= 0.3 is 5.97 Å². The van der Waals surface area contributed by atoms with Crippen molar-refractivity contribution in [2.24, 2.45) is 0 Å². The summed E-state index contributed by atoms with van der Waals surface area (Å²) in [5.74, 6) is 0.344. The average molecular weight is 318 g/mol. The van der Waals surface area contributed by atoms with Crippen molar-refractivity contribution < 1.29 is 9.53 Å². The van der Waals surface area contributed by atoms with Gasteiger partial charge in [0, 0.05) is 12.6 Å². The standard InChI is InChI=1S/C20H32NO2/c1-2-3-4-5-6-7-8-9-10-11-14-17-20(22)23-19-16-13-12-15-18-21-19/h12-13,15-16,18,21H,1-11,14,17H2. The van der Waals surface area contributed by atoms with Crippen LogP contribution in [0.1, 0.15) is 77.0 Å². The number of carbonyl (C=O) groups excluding carboxylic acids is 1. The monoisotopic (exact) mass is 318 g/mol. The maximum Gasteiger partial charge on any atom is 0.312 e. The molecule has 3 heteroatoms. The van der Waals surface area contributed by atoms with Crippen molar-refractivity contribution in [2.45, 2.75) is 77.0 Å². The maximum atomic E-state index is 11.7. The van der Waals surface area contributed by atoms with Gasteiger partial charge in [0.15, 0.2) is 0 Å². The number of allylic oxidation sites excluding steroid dienone is 4. The number of hydrogen-bond donors (Lipinski definition) is 1. The van der Waals surface area contributed by atoms with E-state index in [-0.39, 0.29) is 5.97 Å². The lowest BCUT2D eigenvalue weighted by molar-refractivity contribution is -0.140. The fourth-order valence-corrected chi connectivity index (χ4v) is 2.54. The smallest absolute Gasteiger partial charge is 0.312 e. The van der Waals surface area contributed by atoms with E-state index in [9.17, 15) is 4.79 Å². The Balaban J connectivity index is 1.89. The highest BCUT2D eigenvalue weighted by Gasteiger charge is 2.06. The third kappa shape index (κ3) is 11.7. The molecule has 129 valence electrons. The van der Waals surface area contributed by atoms with Gasteiger partial charge in [-0.15, -0.1) is 0 Å². The van der Waals surface area contributed by atoms with Crippen LogP contribution in [-0.4, -0.2) is 5.97 Å². The Morgan fingerprint density at radius 1 is 0.870 bits per heavy atom. The first-order chi connectivity index (χ1) is 11.3. The quantitative estimate of drug-likeness (QED) is 0.357. The van der Waals surface area contributed by atoms with Crippen LogP contribution in [-0.2, 0) is 9.53 Å². The summed E-state index contributed by atoms with van der Waals surface area (Å²) in [7, 11) is 0. The van der Waals surface area contributed by atoms with E-state index in [1.165, 1.54) is 51.4 Å². The first kappa shape index (κ1) is 19.5. The summed E-state index contributed by atoms with van der Waals surface area (Å²) in [6.07, 6.45) is 23.2. The van der Waals surface area contributed by atoms with Crippen molar-refractivity contribution >= 4 is 5.97 Å². The van der Waals surface area contributed by atoms with Gasteiger partial charge < -0.3 is 10.1 Å². The summed E-state index contributed by atoms with van der Waals surface area (Å²) in [6.45, 7) is 3.87. The van der Waals surface area contributed by atoms with Gasteiger partial charge in [-0.1, -0.05) is 83.3 Å². The number of nitrogens with one attached hydrogen (secondary N) is 1. The molecule has 0 aromatic rings. The van der Waals surface area contributed by atoms with E-state index < -0.39 is 0 Å². The van der Waals surface area contributed by atoms with Gasteiger partial charge in [-0.3, -0.25) is 4.79 Å². The first-order valence-corrected chi connectivity index (χ1v) is 9.13. The number of carbonyl (C=O) groups is 1. The fourth-order valence-electron chi connectivity index (χ4n) is 2.54. The van der Waals surface area contributed by atoms with E-state index in [0.717, 1.165) is 19.3 Å². The predicted molar refractivity (Wildman–Crippen MR) is 96.4 cm³/mol. The van der Waals surface area contributed by atoms with Crippen LogP contribution in [0.5, 0.6) is 0 Å². The topological polar surface area (TPSA) is 38.3 Å². The first-order valence-electron chi connectivity index (χ1n) is 9.13. The number of ether oxygens (including phenoxy) is 1. The molecule has 1 aliphatic rings. The van der Waals surface area contributed by atoms with Gasteiger partial charge in [-0.25, -0.2) is 0 Å².